The monoisotopic (exact) mass is 425 g/mol. The Labute approximate surface area is 183 Å². The van der Waals surface area contributed by atoms with Crippen molar-refractivity contribution in [3.63, 3.8) is 0 Å². The largest absolute Gasteiger partial charge is 0.352 e. The predicted molar refractivity (Wildman–Crippen MR) is 121 cm³/mol. The summed E-state index contributed by atoms with van der Waals surface area (Å²) in [4.78, 5) is 33.1. The number of aromatic nitrogens is 2. The number of nitrogens with zero attached hydrogens (tertiary/aromatic N) is 5. The van der Waals surface area contributed by atoms with E-state index in [4.69, 9.17) is 0 Å². The van der Waals surface area contributed by atoms with Crippen molar-refractivity contribution >= 4 is 23.5 Å². The maximum absolute atomic E-state index is 12.7. The van der Waals surface area contributed by atoms with Gasteiger partial charge < -0.3 is 20.4 Å². The first-order valence-electron chi connectivity index (χ1n) is 10.3. The lowest BCUT2D eigenvalue weighted by molar-refractivity contribution is -0.120. The van der Waals surface area contributed by atoms with Crippen LogP contribution in [-0.2, 0) is 18.4 Å². The molecule has 9 nitrogen and oxygen atoms in total. The number of nitrogens with one attached hydrogen (secondary N) is 2. The highest BCUT2D eigenvalue weighted by molar-refractivity contribution is 5.98. The third-order valence-corrected chi connectivity index (χ3v) is 4.86. The zero-order valence-corrected chi connectivity index (χ0v) is 18.8. The molecule has 0 atom stereocenters. The molecule has 9 heteroatoms. The van der Waals surface area contributed by atoms with Crippen LogP contribution in [0, 0.1) is 0 Å². The number of hydrogen-bond donors (Lipinski definition) is 2. The molecule has 1 fully saturated rings. The topological polar surface area (TPSA) is 94.9 Å². The lowest BCUT2D eigenvalue weighted by atomic mass is 10.1. The van der Waals surface area contributed by atoms with Crippen LogP contribution in [0.1, 0.15) is 36.7 Å². The standard InChI is InChI=1S/C22H31N7O2/c1-22(2,3)26-20(31)17-8-6-7-16(11-17)12-24-21(23-4)28-9-10-29(19(30)15-28)18-13-25-27(5)14-18/h6-8,11,13-14H,9-10,12,15H2,1-5H3,(H,23,24)(H,26,31). The number of carbonyl (C=O) groups is 2. The van der Waals surface area contributed by atoms with Crippen molar-refractivity contribution in [3.05, 3.63) is 47.8 Å². The van der Waals surface area contributed by atoms with E-state index in [1.54, 1.807) is 28.9 Å². The summed E-state index contributed by atoms with van der Waals surface area (Å²) in [5.41, 5.74) is 2.09. The van der Waals surface area contributed by atoms with Gasteiger partial charge in [0.1, 0.15) is 6.54 Å². The Morgan fingerprint density at radius 1 is 1.26 bits per heavy atom. The average Bonchev–Trinajstić information content (AvgIpc) is 3.13. The van der Waals surface area contributed by atoms with Gasteiger partial charge in [0.05, 0.1) is 11.9 Å². The number of piperazine rings is 1. The zero-order valence-electron chi connectivity index (χ0n) is 18.8. The first-order valence-corrected chi connectivity index (χ1v) is 10.3. The SMILES string of the molecule is CN=C(NCc1cccc(C(=O)NC(C)(C)C)c1)N1CCN(c2cnn(C)c2)C(=O)C1. The molecule has 3 rings (SSSR count). The Morgan fingerprint density at radius 3 is 2.65 bits per heavy atom. The van der Waals surface area contributed by atoms with Gasteiger partial charge >= 0.3 is 0 Å². The van der Waals surface area contributed by atoms with E-state index in [2.05, 4.69) is 20.7 Å². The molecule has 1 saturated heterocycles. The van der Waals surface area contributed by atoms with Gasteiger partial charge in [-0.05, 0) is 38.5 Å². The summed E-state index contributed by atoms with van der Waals surface area (Å²) in [6, 6.07) is 7.50. The molecule has 0 unspecified atom stereocenters. The number of amides is 2. The molecule has 1 aliphatic heterocycles. The van der Waals surface area contributed by atoms with Crippen molar-refractivity contribution in [2.24, 2.45) is 12.0 Å². The fourth-order valence-electron chi connectivity index (χ4n) is 3.42. The van der Waals surface area contributed by atoms with E-state index in [1.165, 1.54) is 0 Å². The Morgan fingerprint density at radius 2 is 2.03 bits per heavy atom. The van der Waals surface area contributed by atoms with Gasteiger partial charge in [0.15, 0.2) is 5.96 Å². The van der Waals surface area contributed by atoms with Gasteiger partial charge in [0.2, 0.25) is 5.91 Å². The quantitative estimate of drug-likeness (QED) is 0.570. The summed E-state index contributed by atoms with van der Waals surface area (Å²) in [6.07, 6.45) is 3.53. The maximum Gasteiger partial charge on any atom is 0.251 e. The molecule has 2 N–H and O–H groups in total. The fourth-order valence-corrected chi connectivity index (χ4v) is 3.42. The molecule has 0 radical (unpaired) electrons. The van der Waals surface area contributed by atoms with Crippen molar-refractivity contribution in [2.75, 3.05) is 31.6 Å². The normalized spacial score (nSPS) is 15.3. The summed E-state index contributed by atoms with van der Waals surface area (Å²) in [5.74, 6) is 0.558. The van der Waals surface area contributed by atoms with Crippen LogP contribution in [0.4, 0.5) is 5.69 Å². The summed E-state index contributed by atoms with van der Waals surface area (Å²) in [7, 11) is 3.53. The molecule has 0 saturated carbocycles. The maximum atomic E-state index is 12.7. The van der Waals surface area contributed by atoms with Crippen LogP contribution in [0.15, 0.2) is 41.7 Å². The molecule has 2 heterocycles. The smallest absolute Gasteiger partial charge is 0.251 e. The van der Waals surface area contributed by atoms with E-state index in [9.17, 15) is 9.59 Å². The van der Waals surface area contributed by atoms with Gasteiger partial charge in [-0.3, -0.25) is 19.3 Å². The number of aliphatic imine (C=N–C) groups is 1. The Kier molecular flexibility index (Phi) is 6.62. The lowest BCUT2D eigenvalue weighted by Crippen LogP contribution is -2.55. The number of aryl methyl sites for hydroxylation is 1. The summed E-state index contributed by atoms with van der Waals surface area (Å²) in [6.45, 7) is 7.83. The molecular weight excluding hydrogens is 394 g/mol. The highest BCUT2D eigenvalue weighted by Gasteiger charge is 2.27. The highest BCUT2D eigenvalue weighted by atomic mass is 16.2. The molecule has 1 aromatic heterocycles. The molecular formula is C22H31N7O2. The van der Waals surface area contributed by atoms with Gasteiger partial charge in [-0.25, -0.2) is 0 Å². The number of carbonyl (C=O) groups excluding carboxylic acids is 2. The summed E-state index contributed by atoms with van der Waals surface area (Å²) in [5, 5.41) is 10.4. The molecule has 0 bridgehead atoms. The molecule has 2 amide bonds. The number of benzene rings is 1. The van der Waals surface area contributed by atoms with Crippen LogP contribution in [0.25, 0.3) is 0 Å². The van der Waals surface area contributed by atoms with Gasteiger partial charge in [-0.2, -0.15) is 5.10 Å². The average molecular weight is 426 g/mol. The highest BCUT2D eigenvalue weighted by Crippen LogP contribution is 2.16. The van der Waals surface area contributed by atoms with Crippen LogP contribution in [0.5, 0.6) is 0 Å². The molecule has 166 valence electrons. The second kappa shape index (κ2) is 9.20. The van der Waals surface area contributed by atoms with Crippen molar-refractivity contribution in [1.29, 1.82) is 0 Å². The van der Waals surface area contributed by atoms with E-state index in [0.29, 0.717) is 31.2 Å². The third kappa shape index (κ3) is 5.84. The lowest BCUT2D eigenvalue weighted by Gasteiger charge is -2.35. The second-order valence-electron chi connectivity index (χ2n) is 8.64. The van der Waals surface area contributed by atoms with Crippen molar-refractivity contribution in [2.45, 2.75) is 32.9 Å². The first kappa shape index (κ1) is 22.3. The third-order valence-electron chi connectivity index (χ3n) is 4.86. The molecule has 1 aliphatic rings. The Bertz CT molecular complexity index is 974. The van der Waals surface area contributed by atoms with Crippen LogP contribution < -0.4 is 15.5 Å². The van der Waals surface area contributed by atoms with Gasteiger partial charge in [-0.1, -0.05) is 12.1 Å². The van der Waals surface area contributed by atoms with Crippen LogP contribution in [-0.4, -0.2) is 64.7 Å². The molecule has 2 aromatic rings. The number of anilines is 1. The molecule has 31 heavy (non-hydrogen) atoms. The zero-order chi connectivity index (χ0) is 22.6. The van der Waals surface area contributed by atoms with Crippen LogP contribution in [0.2, 0.25) is 0 Å². The van der Waals surface area contributed by atoms with E-state index < -0.39 is 0 Å². The first-order chi connectivity index (χ1) is 14.7. The van der Waals surface area contributed by atoms with Crippen LogP contribution in [0.3, 0.4) is 0 Å². The van der Waals surface area contributed by atoms with E-state index in [0.717, 1.165) is 11.3 Å². The molecule has 1 aromatic carbocycles. The number of hydrogen-bond acceptors (Lipinski definition) is 4. The second-order valence-corrected chi connectivity index (χ2v) is 8.64. The van der Waals surface area contributed by atoms with E-state index in [1.807, 2.05) is 57.1 Å². The molecule has 0 spiro atoms. The minimum Gasteiger partial charge on any atom is -0.352 e. The Balaban J connectivity index is 1.59. The fraction of sp³-hybridized carbons (Fsp3) is 0.455. The van der Waals surface area contributed by atoms with Gasteiger partial charge in [0.25, 0.3) is 5.91 Å². The summed E-state index contributed by atoms with van der Waals surface area (Å²) < 4.78 is 1.69. The number of rotatable bonds is 4. The predicted octanol–water partition coefficient (Wildman–Crippen LogP) is 1.37. The Hall–Kier alpha value is -3.36. The minimum atomic E-state index is -0.294. The minimum absolute atomic E-state index is 0.00282. The van der Waals surface area contributed by atoms with Crippen molar-refractivity contribution in [1.82, 2.24) is 25.3 Å². The van der Waals surface area contributed by atoms with Crippen molar-refractivity contribution < 1.29 is 9.59 Å². The van der Waals surface area contributed by atoms with Crippen LogP contribution >= 0.6 is 0 Å². The number of guanidine groups is 1. The van der Waals surface area contributed by atoms with Gasteiger partial charge in [-0.15, -0.1) is 0 Å². The molecule has 0 aliphatic carbocycles. The van der Waals surface area contributed by atoms with E-state index in [-0.39, 0.29) is 23.9 Å². The van der Waals surface area contributed by atoms with Crippen molar-refractivity contribution in [3.8, 4) is 0 Å². The van der Waals surface area contributed by atoms with Gasteiger partial charge in [0, 0.05) is 51.0 Å². The summed E-state index contributed by atoms with van der Waals surface area (Å²) >= 11 is 0. The van der Waals surface area contributed by atoms with E-state index >= 15 is 0 Å².